The van der Waals surface area contributed by atoms with Crippen molar-refractivity contribution in [2.75, 3.05) is 18.4 Å². The van der Waals surface area contributed by atoms with Crippen molar-refractivity contribution < 1.29 is 4.79 Å². The molecule has 0 spiro atoms. The number of hydrogen-bond acceptors (Lipinski definition) is 3. The van der Waals surface area contributed by atoms with E-state index in [9.17, 15) is 4.79 Å². The van der Waals surface area contributed by atoms with Crippen molar-refractivity contribution in [3.8, 4) is 6.07 Å². The number of amides is 1. The molecule has 0 heterocycles. The third-order valence-corrected chi connectivity index (χ3v) is 3.43. The molecule has 2 rings (SSSR count). The minimum absolute atomic E-state index is 0.0131. The Kier molecular flexibility index (Phi) is 5.56. The third kappa shape index (κ3) is 4.10. The molecule has 0 aromatic heterocycles. The lowest BCUT2D eigenvalue weighted by molar-refractivity contribution is -0.129. The molecule has 1 amide bonds. The molecule has 2 aromatic carbocycles. The van der Waals surface area contributed by atoms with Crippen LogP contribution in [-0.4, -0.2) is 23.9 Å². The predicted molar refractivity (Wildman–Crippen MR) is 87.2 cm³/mol. The van der Waals surface area contributed by atoms with Gasteiger partial charge in [-0.1, -0.05) is 42.5 Å². The highest BCUT2D eigenvalue weighted by Crippen LogP contribution is 2.13. The molecular weight excluding hydrogens is 274 g/mol. The lowest BCUT2D eigenvalue weighted by atomic mass is 10.2. The number of nitrogens with one attached hydrogen (secondary N) is 1. The molecule has 0 atom stereocenters. The number of carbonyl (C=O) groups excluding carboxylic acids is 1. The Bertz CT molecular complexity index is 662. The summed E-state index contributed by atoms with van der Waals surface area (Å²) in [5, 5.41) is 12.1. The molecule has 0 saturated carbocycles. The van der Waals surface area contributed by atoms with E-state index in [1.807, 2.05) is 43.3 Å². The first-order valence-electron chi connectivity index (χ1n) is 7.29. The summed E-state index contributed by atoms with van der Waals surface area (Å²) >= 11 is 0. The maximum Gasteiger partial charge on any atom is 0.242 e. The minimum Gasteiger partial charge on any atom is -0.375 e. The van der Waals surface area contributed by atoms with Crippen LogP contribution in [0.25, 0.3) is 0 Å². The predicted octanol–water partition coefficient (Wildman–Crippen LogP) is 3.02. The van der Waals surface area contributed by atoms with E-state index in [2.05, 4.69) is 11.4 Å². The summed E-state index contributed by atoms with van der Waals surface area (Å²) in [4.78, 5) is 14.1. The van der Waals surface area contributed by atoms with E-state index in [1.165, 1.54) is 0 Å². The van der Waals surface area contributed by atoms with E-state index in [1.54, 1.807) is 23.1 Å². The topological polar surface area (TPSA) is 56.1 Å². The molecular formula is C18H19N3O. The van der Waals surface area contributed by atoms with Crippen LogP contribution in [-0.2, 0) is 11.3 Å². The summed E-state index contributed by atoms with van der Waals surface area (Å²) in [7, 11) is 0. The summed E-state index contributed by atoms with van der Waals surface area (Å²) < 4.78 is 0. The van der Waals surface area contributed by atoms with Crippen LogP contribution in [0, 0.1) is 11.3 Å². The molecule has 0 radical (unpaired) electrons. The van der Waals surface area contributed by atoms with Crippen LogP contribution in [0.15, 0.2) is 54.6 Å². The van der Waals surface area contributed by atoms with Crippen molar-refractivity contribution in [2.45, 2.75) is 13.5 Å². The van der Waals surface area contributed by atoms with Gasteiger partial charge in [-0.15, -0.1) is 0 Å². The fraction of sp³-hybridized carbons (Fsp3) is 0.222. The van der Waals surface area contributed by atoms with Gasteiger partial charge in [-0.2, -0.15) is 5.26 Å². The van der Waals surface area contributed by atoms with Crippen molar-refractivity contribution in [3.05, 3.63) is 65.7 Å². The highest BCUT2D eigenvalue weighted by atomic mass is 16.2. The van der Waals surface area contributed by atoms with Crippen LogP contribution < -0.4 is 5.32 Å². The quantitative estimate of drug-likeness (QED) is 0.890. The van der Waals surface area contributed by atoms with Gasteiger partial charge in [-0.05, 0) is 24.6 Å². The fourth-order valence-corrected chi connectivity index (χ4v) is 2.20. The Hall–Kier alpha value is -2.80. The van der Waals surface area contributed by atoms with Gasteiger partial charge in [0.2, 0.25) is 5.91 Å². The zero-order valence-corrected chi connectivity index (χ0v) is 12.6. The number of para-hydroxylation sites is 1. The van der Waals surface area contributed by atoms with E-state index in [0.29, 0.717) is 24.3 Å². The number of carbonyl (C=O) groups is 1. The average Bonchev–Trinajstić information content (AvgIpc) is 2.58. The first-order valence-corrected chi connectivity index (χ1v) is 7.29. The van der Waals surface area contributed by atoms with Crippen LogP contribution in [0.1, 0.15) is 18.1 Å². The zero-order chi connectivity index (χ0) is 15.8. The SMILES string of the molecule is CCN(Cc1ccccc1)C(=O)CNc1ccccc1C#N. The smallest absolute Gasteiger partial charge is 0.242 e. The van der Waals surface area contributed by atoms with Gasteiger partial charge in [0.25, 0.3) is 0 Å². The lowest BCUT2D eigenvalue weighted by Crippen LogP contribution is -2.35. The molecule has 0 fully saturated rings. The van der Waals surface area contributed by atoms with Crippen molar-refractivity contribution in [1.29, 1.82) is 5.26 Å². The first-order chi connectivity index (χ1) is 10.7. The van der Waals surface area contributed by atoms with Crippen LogP contribution in [0.4, 0.5) is 5.69 Å². The fourth-order valence-electron chi connectivity index (χ4n) is 2.20. The average molecular weight is 293 g/mol. The zero-order valence-electron chi connectivity index (χ0n) is 12.6. The van der Waals surface area contributed by atoms with Crippen LogP contribution >= 0.6 is 0 Å². The molecule has 2 aromatic rings. The molecule has 0 aliphatic carbocycles. The number of rotatable bonds is 6. The number of benzene rings is 2. The van der Waals surface area contributed by atoms with Gasteiger partial charge >= 0.3 is 0 Å². The van der Waals surface area contributed by atoms with Gasteiger partial charge in [-0.25, -0.2) is 0 Å². The maximum absolute atomic E-state index is 12.3. The maximum atomic E-state index is 12.3. The molecule has 4 heteroatoms. The standard InChI is InChI=1S/C18H19N3O/c1-2-21(14-15-8-4-3-5-9-15)18(22)13-20-17-11-7-6-10-16(17)12-19/h3-11,20H,2,13-14H2,1H3. The summed E-state index contributed by atoms with van der Waals surface area (Å²) in [6, 6.07) is 19.2. The van der Waals surface area contributed by atoms with Gasteiger partial charge in [-0.3, -0.25) is 4.79 Å². The van der Waals surface area contributed by atoms with Gasteiger partial charge in [0.1, 0.15) is 6.07 Å². The number of nitriles is 1. The molecule has 0 aliphatic heterocycles. The number of nitrogens with zero attached hydrogens (tertiary/aromatic N) is 2. The van der Waals surface area contributed by atoms with Gasteiger partial charge < -0.3 is 10.2 Å². The summed E-state index contributed by atoms with van der Waals surface area (Å²) in [5.74, 6) is 0.0131. The molecule has 0 saturated heterocycles. The van der Waals surface area contributed by atoms with Crippen LogP contribution in [0.5, 0.6) is 0 Å². The Morgan fingerprint density at radius 2 is 1.82 bits per heavy atom. The largest absolute Gasteiger partial charge is 0.375 e. The van der Waals surface area contributed by atoms with E-state index in [0.717, 1.165) is 5.56 Å². The molecule has 4 nitrogen and oxygen atoms in total. The number of likely N-dealkylation sites (N-methyl/N-ethyl adjacent to an activating group) is 1. The number of anilines is 1. The summed E-state index contributed by atoms with van der Waals surface area (Å²) in [6.07, 6.45) is 0. The Morgan fingerprint density at radius 1 is 1.14 bits per heavy atom. The lowest BCUT2D eigenvalue weighted by Gasteiger charge is -2.21. The molecule has 0 bridgehead atoms. The molecule has 1 N–H and O–H groups in total. The second kappa shape index (κ2) is 7.84. The van der Waals surface area contributed by atoms with Crippen LogP contribution in [0.3, 0.4) is 0 Å². The number of hydrogen-bond donors (Lipinski definition) is 1. The van der Waals surface area contributed by atoms with Crippen molar-refractivity contribution in [3.63, 3.8) is 0 Å². The summed E-state index contributed by atoms with van der Waals surface area (Å²) in [5.41, 5.74) is 2.34. The van der Waals surface area contributed by atoms with E-state index < -0.39 is 0 Å². The molecule has 22 heavy (non-hydrogen) atoms. The third-order valence-electron chi connectivity index (χ3n) is 3.43. The van der Waals surface area contributed by atoms with Gasteiger partial charge in [0.15, 0.2) is 0 Å². The Balaban J connectivity index is 1.97. The van der Waals surface area contributed by atoms with Gasteiger partial charge in [0, 0.05) is 13.1 Å². The highest BCUT2D eigenvalue weighted by Gasteiger charge is 2.12. The second-order valence-electron chi connectivity index (χ2n) is 4.90. The Morgan fingerprint density at radius 3 is 2.50 bits per heavy atom. The highest BCUT2D eigenvalue weighted by molar-refractivity contribution is 5.81. The van der Waals surface area contributed by atoms with E-state index in [4.69, 9.17) is 5.26 Å². The van der Waals surface area contributed by atoms with E-state index in [-0.39, 0.29) is 12.5 Å². The van der Waals surface area contributed by atoms with Crippen molar-refractivity contribution in [1.82, 2.24) is 4.90 Å². The normalized spacial score (nSPS) is 9.82. The summed E-state index contributed by atoms with van der Waals surface area (Å²) in [6.45, 7) is 3.39. The van der Waals surface area contributed by atoms with Gasteiger partial charge in [0.05, 0.1) is 17.8 Å². The van der Waals surface area contributed by atoms with E-state index >= 15 is 0 Å². The molecule has 0 unspecified atom stereocenters. The minimum atomic E-state index is 0.0131. The second-order valence-corrected chi connectivity index (χ2v) is 4.90. The van der Waals surface area contributed by atoms with Crippen molar-refractivity contribution >= 4 is 11.6 Å². The monoisotopic (exact) mass is 293 g/mol. The Labute approximate surface area is 131 Å². The molecule has 0 aliphatic rings. The first kappa shape index (κ1) is 15.6. The van der Waals surface area contributed by atoms with Crippen LogP contribution in [0.2, 0.25) is 0 Å². The van der Waals surface area contributed by atoms with Crippen molar-refractivity contribution in [2.24, 2.45) is 0 Å². The molecule has 112 valence electrons.